The van der Waals surface area contributed by atoms with Gasteiger partial charge in [-0.2, -0.15) is 5.10 Å². The van der Waals surface area contributed by atoms with E-state index in [-0.39, 0.29) is 45.5 Å². The van der Waals surface area contributed by atoms with Gasteiger partial charge in [-0.25, -0.2) is 4.68 Å². The minimum atomic E-state index is -0.576. The quantitative estimate of drug-likeness (QED) is 0.0784. The zero-order valence-electron chi connectivity index (χ0n) is 24.3. The summed E-state index contributed by atoms with van der Waals surface area (Å²) >= 11 is 0. The summed E-state index contributed by atoms with van der Waals surface area (Å²) < 4.78 is 29.3. The maximum absolute atomic E-state index is 14.0. The van der Waals surface area contributed by atoms with Crippen molar-refractivity contribution in [3.63, 3.8) is 0 Å². The Labute approximate surface area is 253 Å². The van der Waals surface area contributed by atoms with Crippen molar-refractivity contribution in [2.75, 3.05) is 42.5 Å². The molecule has 0 amide bonds. The number of quaternary nitrogens is 1. The maximum Gasteiger partial charge on any atom is 0.433 e. The predicted molar refractivity (Wildman–Crippen MR) is 150 cm³/mol. The second kappa shape index (κ2) is 13.0. The Bertz CT molecular complexity index is 1670. The lowest BCUT2D eigenvalue weighted by Crippen LogP contribution is -3.00. The number of fused-ring (bicyclic) bond motifs is 1. The number of nitro groups is 1. The third kappa shape index (κ3) is 6.19. The topological polar surface area (TPSA) is 128 Å². The molecule has 2 heterocycles. The highest BCUT2D eigenvalue weighted by atomic mass is 79.9. The van der Waals surface area contributed by atoms with Gasteiger partial charge in [-0.05, 0) is 37.3 Å². The van der Waals surface area contributed by atoms with Gasteiger partial charge in [0.1, 0.15) is 22.9 Å². The Morgan fingerprint density at radius 2 is 1.67 bits per heavy atom. The first-order valence-electron chi connectivity index (χ1n) is 12.5. The molecule has 2 aromatic carbocycles. The number of ether oxygens (including phenoxy) is 4. The first-order valence-corrected chi connectivity index (χ1v) is 12.5. The van der Waals surface area contributed by atoms with Crippen molar-refractivity contribution in [2.45, 2.75) is 20.1 Å². The molecular formula is C29H31BrN4O8. The first kappa shape index (κ1) is 32.0. The van der Waals surface area contributed by atoms with E-state index in [1.165, 1.54) is 27.4 Å². The molecule has 0 aliphatic heterocycles. The van der Waals surface area contributed by atoms with Crippen molar-refractivity contribution >= 4 is 22.6 Å². The lowest BCUT2D eigenvalue weighted by Gasteiger charge is -2.28. The fourth-order valence-corrected chi connectivity index (χ4v) is 4.68. The second-order valence-electron chi connectivity index (χ2n) is 9.74. The number of methoxy groups -OCH3 is 4. The number of ketones is 1. The van der Waals surface area contributed by atoms with Gasteiger partial charge in [0.2, 0.25) is 11.5 Å². The van der Waals surface area contributed by atoms with Crippen LogP contribution in [0.1, 0.15) is 34.3 Å². The van der Waals surface area contributed by atoms with Crippen molar-refractivity contribution in [1.29, 1.82) is 0 Å². The Morgan fingerprint density at radius 3 is 2.19 bits per heavy atom. The Balaban J connectivity index is 0.00000484. The standard InChI is InChI=1S/C29H31N4O8.BrH/c1-8-9-20-22(37-4)12-11-21-26(28(34)18-14-23(38-5)29(40-7)24(15-18)39-6)30-31(27(20)21)17-33(2,3)16-19-10-13-25(41-19)32(35)36;/h10-15H,16-17H2,1-7H3;1H/q+1;/p-1. The van der Waals surface area contributed by atoms with Crippen LogP contribution in [0, 0.1) is 22.0 Å². The fourth-order valence-electron chi connectivity index (χ4n) is 4.68. The van der Waals surface area contributed by atoms with E-state index in [0.717, 1.165) is 0 Å². The molecule has 0 spiro atoms. The third-order valence-electron chi connectivity index (χ3n) is 6.41. The molecule has 0 radical (unpaired) electrons. The van der Waals surface area contributed by atoms with Crippen LogP contribution in [0.2, 0.25) is 0 Å². The largest absolute Gasteiger partial charge is 1.00 e. The Kier molecular flexibility index (Phi) is 9.87. The van der Waals surface area contributed by atoms with Crippen molar-refractivity contribution in [2.24, 2.45) is 0 Å². The molecule has 2 aromatic heterocycles. The molecule has 12 nitrogen and oxygen atoms in total. The number of carbonyl (C=O) groups is 1. The average Bonchev–Trinajstić information content (AvgIpc) is 3.56. The highest BCUT2D eigenvalue weighted by Crippen LogP contribution is 2.39. The number of furan rings is 1. The Hall–Kier alpha value is -4.54. The highest BCUT2D eigenvalue weighted by Gasteiger charge is 2.28. The SMILES string of the molecule is CC#Cc1c(OC)ccc2c(C(=O)c3cc(OC)c(OC)c(OC)c3)nn(C[N+](C)(C)Cc3ccc([N+](=O)[O-])o3)c12.[Br-]. The van der Waals surface area contributed by atoms with E-state index in [9.17, 15) is 14.9 Å². The molecule has 0 atom stereocenters. The summed E-state index contributed by atoms with van der Waals surface area (Å²) in [4.78, 5) is 24.5. The van der Waals surface area contributed by atoms with Crippen LogP contribution < -0.4 is 35.9 Å². The van der Waals surface area contributed by atoms with E-state index in [4.69, 9.17) is 28.5 Å². The van der Waals surface area contributed by atoms with E-state index in [1.54, 1.807) is 49.0 Å². The lowest BCUT2D eigenvalue weighted by molar-refractivity contribution is -0.926. The van der Waals surface area contributed by atoms with Crippen molar-refractivity contribution in [1.82, 2.24) is 9.78 Å². The molecule has 0 unspecified atom stereocenters. The number of hydrogen-bond donors (Lipinski definition) is 0. The van der Waals surface area contributed by atoms with Gasteiger partial charge in [0.05, 0.1) is 59.7 Å². The molecule has 0 saturated carbocycles. The monoisotopic (exact) mass is 642 g/mol. The number of benzene rings is 2. The van der Waals surface area contributed by atoms with Gasteiger partial charge in [0.15, 0.2) is 23.9 Å². The van der Waals surface area contributed by atoms with Crippen LogP contribution in [-0.2, 0) is 13.2 Å². The van der Waals surface area contributed by atoms with E-state index in [0.29, 0.717) is 57.3 Å². The smallest absolute Gasteiger partial charge is 0.433 e. The molecule has 0 bridgehead atoms. The maximum atomic E-state index is 14.0. The molecule has 222 valence electrons. The van der Waals surface area contributed by atoms with Crippen molar-refractivity contribution in [3.05, 3.63) is 69.1 Å². The van der Waals surface area contributed by atoms with Gasteiger partial charge in [-0.1, -0.05) is 5.92 Å². The minimum absolute atomic E-state index is 0. The van der Waals surface area contributed by atoms with E-state index < -0.39 is 4.92 Å². The lowest BCUT2D eigenvalue weighted by atomic mass is 10.0. The molecule has 0 saturated heterocycles. The Morgan fingerprint density at radius 1 is 1.02 bits per heavy atom. The van der Waals surface area contributed by atoms with E-state index in [2.05, 4.69) is 11.8 Å². The molecule has 0 fully saturated rings. The summed E-state index contributed by atoms with van der Waals surface area (Å²) in [5.74, 6) is 7.35. The summed E-state index contributed by atoms with van der Waals surface area (Å²) in [6, 6.07) is 9.59. The minimum Gasteiger partial charge on any atom is -1.00 e. The van der Waals surface area contributed by atoms with Crippen LogP contribution >= 0.6 is 0 Å². The molecular weight excluding hydrogens is 612 g/mol. The normalized spacial score (nSPS) is 10.8. The molecule has 0 aliphatic carbocycles. The van der Waals surface area contributed by atoms with Gasteiger partial charge < -0.3 is 44.8 Å². The van der Waals surface area contributed by atoms with Crippen LogP contribution in [0.3, 0.4) is 0 Å². The van der Waals surface area contributed by atoms with Gasteiger partial charge in [-0.15, -0.1) is 5.92 Å². The molecule has 4 aromatic rings. The molecule has 0 N–H and O–H groups in total. The summed E-state index contributed by atoms with van der Waals surface area (Å²) in [5.41, 5.74) is 1.69. The van der Waals surface area contributed by atoms with Gasteiger partial charge in [0.25, 0.3) is 0 Å². The molecule has 0 aliphatic rings. The van der Waals surface area contributed by atoms with Gasteiger partial charge in [-0.3, -0.25) is 14.9 Å². The second-order valence-corrected chi connectivity index (χ2v) is 9.74. The highest BCUT2D eigenvalue weighted by molar-refractivity contribution is 6.16. The number of aromatic nitrogens is 2. The van der Waals surface area contributed by atoms with E-state index >= 15 is 0 Å². The van der Waals surface area contributed by atoms with Gasteiger partial charge in [0, 0.05) is 10.9 Å². The average molecular weight is 643 g/mol. The number of carbonyl (C=O) groups excluding carboxylic acids is 1. The number of rotatable bonds is 11. The zero-order chi connectivity index (χ0) is 29.9. The van der Waals surface area contributed by atoms with Crippen LogP contribution in [0.15, 0.2) is 40.8 Å². The zero-order valence-corrected chi connectivity index (χ0v) is 25.9. The number of halogens is 1. The summed E-state index contributed by atoms with van der Waals surface area (Å²) in [6.07, 6.45) is 0. The van der Waals surface area contributed by atoms with Crippen LogP contribution in [0.4, 0.5) is 5.88 Å². The van der Waals surface area contributed by atoms with Crippen molar-refractivity contribution < 1.29 is 54.5 Å². The predicted octanol–water partition coefficient (Wildman–Crippen LogP) is 1.41. The van der Waals surface area contributed by atoms with Crippen LogP contribution in [0.5, 0.6) is 23.0 Å². The third-order valence-corrected chi connectivity index (χ3v) is 6.41. The molecule has 4 rings (SSSR count). The summed E-state index contributed by atoms with van der Waals surface area (Å²) in [5, 5.41) is 16.4. The van der Waals surface area contributed by atoms with Crippen molar-refractivity contribution in [3.8, 4) is 34.8 Å². The van der Waals surface area contributed by atoms with Crippen LogP contribution in [0.25, 0.3) is 10.9 Å². The summed E-state index contributed by atoms with van der Waals surface area (Å²) in [7, 11) is 9.84. The van der Waals surface area contributed by atoms with Crippen LogP contribution in [-0.4, -0.2) is 67.5 Å². The fraction of sp³-hybridized carbons (Fsp3) is 0.310. The van der Waals surface area contributed by atoms with Gasteiger partial charge >= 0.3 is 5.88 Å². The number of hydrogen-bond acceptors (Lipinski definition) is 9. The molecule has 42 heavy (non-hydrogen) atoms. The number of nitrogens with zero attached hydrogens (tertiary/aromatic N) is 4. The summed E-state index contributed by atoms with van der Waals surface area (Å²) in [6.45, 7) is 2.31. The van der Waals surface area contributed by atoms with E-state index in [1.807, 2.05) is 14.1 Å². The first-order chi connectivity index (χ1) is 19.6. The molecule has 13 heteroatoms.